The number of carbonyl (C=O) groups is 1. The van der Waals surface area contributed by atoms with Crippen LogP contribution in [0, 0.1) is 5.82 Å². The monoisotopic (exact) mass is 417 g/mol. The molecule has 7 nitrogen and oxygen atoms in total. The summed E-state index contributed by atoms with van der Waals surface area (Å²) in [5.74, 6) is 0.240. The first-order valence-electron chi connectivity index (χ1n) is 9.98. The maximum absolute atomic E-state index is 14.2. The number of anilines is 2. The van der Waals surface area contributed by atoms with E-state index in [9.17, 15) is 14.0 Å². The second kappa shape index (κ2) is 7.39. The number of fused-ring (bicyclic) bond motifs is 2. The van der Waals surface area contributed by atoms with Crippen molar-refractivity contribution in [3.63, 3.8) is 0 Å². The lowest BCUT2D eigenvalue weighted by Gasteiger charge is -2.19. The minimum atomic E-state index is -0.273. The number of para-hydroxylation sites is 1. The number of nitrogens with one attached hydrogen (secondary N) is 2. The van der Waals surface area contributed by atoms with E-state index in [-0.39, 0.29) is 17.4 Å². The Labute approximate surface area is 177 Å². The van der Waals surface area contributed by atoms with E-state index in [0.717, 1.165) is 28.9 Å². The Morgan fingerprint density at radius 1 is 1.23 bits per heavy atom. The summed E-state index contributed by atoms with van der Waals surface area (Å²) in [6.07, 6.45) is 2.46. The molecule has 8 heteroatoms. The predicted molar refractivity (Wildman–Crippen MR) is 116 cm³/mol. The molecule has 0 saturated carbocycles. The second-order valence-corrected chi connectivity index (χ2v) is 7.58. The topological polar surface area (TPSA) is 83.0 Å². The highest BCUT2D eigenvalue weighted by Crippen LogP contribution is 2.34. The fraction of sp³-hybridized carbons (Fsp3) is 0.174. The van der Waals surface area contributed by atoms with E-state index in [1.807, 2.05) is 17.0 Å². The summed E-state index contributed by atoms with van der Waals surface area (Å²) in [4.78, 5) is 33.4. The lowest BCUT2D eigenvalue weighted by molar-refractivity contribution is 0.0951. The van der Waals surface area contributed by atoms with Gasteiger partial charge in [-0.25, -0.2) is 14.2 Å². The van der Waals surface area contributed by atoms with Crippen LogP contribution in [0.5, 0.6) is 0 Å². The Kier molecular flexibility index (Phi) is 4.54. The van der Waals surface area contributed by atoms with Gasteiger partial charge in [0.2, 0.25) is 0 Å². The van der Waals surface area contributed by atoms with E-state index in [1.165, 1.54) is 10.6 Å². The van der Waals surface area contributed by atoms with Gasteiger partial charge in [0.25, 0.3) is 5.91 Å². The number of carbonyl (C=O) groups excluding carboxylic acids is 1. The molecule has 0 radical (unpaired) electrons. The smallest absolute Gasteiger partial charge is 0.326 e. The van der Waals surface area contributed by atoms with Gasteiger partial charge >= 0.3 is 5.69 Å². The molecule has 1 amide bonds. The lowest BCUT2D eigenvalue weighted by Crippen LogP contribution is -2.23. The van der Waals surface area contributed by atoms with Gasteiger partial charge in [-0.3, -0.25) is 9.36 Å². The molecule has 1 aliphatic rings. The molecule has 0 unspecified atom stereocenters. The third kappa shape index (κ3) is 3.35. The summed E-state index contributed by atoms with van der Waals surface area (Å²) < 4.78 is 15.7. The molecule has 31 heavy (non-hydrogen) atoms. The number of rotatable bonds is 4. The molecule has 0 atom stereocenters. The van der Waals surface area contributed by atoms with E-state index in [0.29, 0.717) is 29.9 Å². The number of hydrogen-bond acceptors (Lipinski definition) is 4. The second-order valence-electron chi connectivity index (χ2n) is 7.58. The maximum atomic E-state index is 14.2. The number of benzene rings is 2. The quantitative estimate of drug-likeness (QED) is 0.535. The number of aromatic amines is 1. The molecule has 0 spiro atoms. The van der Waals surface area contributed by atoms with Gasteiger partial charge in [-0.2, -0.15) is 0 Å². The summed E-state index contributed by atoms with van der Waals surface area (Å²) in [6, 6.07) is 13.8. The molecule has 4 aromatic rings. The minimum Gasteiger partial charge on any atom is -0.348 e. The van der Waals surface area contributed by atoms with Crippen LogP contribution in [0.3, 0.4) is 0 Å². The van der Waals surface area contributed by atoms with Gasteiger partial charge in [-0.15, -0.1) is 0 Å². The van der Waals surface area contributed by atoms with Gasteiger partial charge in [0.05, 0.1) is 16.7 Å². The highest BCUT2D eigenvalue weighted by molar-refractivity contribution is 5.97. The Morgan fingerprint density at radius 3 is 2.90 bits per heavy atom. The van der Waals surface area contributed by atoms with Crippen molar-refractivity contribution in [2.45, 2.75) is 13.0 Å². The van der Waals surface area contributed by atoms with Gasteiger partial charge in [-0.1, -0.05) is 12.1 Å². The van der Waals surface area contributed by atoms with Gasteiger partial charge < -0.3 is 15.2 Å². The average molecular weight is 417 g/mol. The first-order chi connectivity index (χ1) is 15.0. The number of hydrogen-bond donors (Lipinski definition) is 2. The van der Waals surface area contributed by atoms with Gasteiger partial charge in [0, 0.05) is 31.9 Å². The predicted octanol–water partition coefficient (Wildman–Crippen LogP) is 3.02. The van der Waals surface area contributed by atoms with Gasteiger partial charge in [0.15, 0.2) is 0 Å². The van der Waals surface area contributed by atoms with Gasteiger partial charge in [-0.05, 0) is 53.9 Å². The Bertz CT molecular complexity index is 1370. The molecule has 0 aliphatic carbocycles. The van der Waals surface area contributed by atoms with Crippen molar-refractivity contribution in [1.29, 1.82) is 0 Å². The molecular formula is C23H20FN5O2. The van der Waals surface area contributed by atoms with Crippen molar-refractivity contribution in [2.75, 3.05) is 11.4 Å². The summed E-state index contributed by atoms with van der Waals surface area (Å²) in [7, 11) is 1.68. The Morgan fingerprint density at radius 2 is 2.06 bits per heavy atom. The van der Waals surface area contributed by atoms with E-state index in [2.05, 4.69) is 15.3 Å². The molecular weight excluding hydrogens is 397 g/mol. The molecule has 2 N–H and O–H groups in total. The zero-order valence-electron chi connectivity index (χ0n) is 16.9. The van der Waals surface area contributed by atoms with E-state index in [1.54, 1.807) is 43.6 Å². The van der Waals surface area contributed by atoms with E-state index < -0.39 is 0 Å². The third-order valence-corrected chi connectivity index (χ3v) is 5.62. The normalized spacial score (nSPS) is 12.9. The first kappa shape index (κ1) is 19.0. The minimum absolute atomic E-state index is 0.221. The largest absolute Gasteiger partial charge is 0.348 e. The highest BCUT2D eigenvalue weighted by atomic mass is 19.1. The van der Waals surface area contributed by atoms with Crippen molar-refractivity contribution in [1.82, 2.24) is 19.9 Å². The number of aryl methyl sites for hydroxylation is 1. The number of halogens is 1. The van der Waals surface area contributed by atoms with Crippen molar-refractivity contribution < 1.29 is 9.18 Å². The SMILES string of the molecule is Cn1c(=O)[nH]c2cc(C(=O)NCc3cnc4c(c3)CCN4c3ccccc3F)ccc21. The zero-order valence-corrected chi connectivity index (χ0v) is 16.9. The molecule has 0 saturated heterocycles. The first-order valence-corrected chi connectivity index (χ1v) is 9.98. The van der Waals surface area contributed by atoms with Crippen molar-refractivity contribution >= 4 is 28.4 Å². The van der Waals surface area contributed by atoms with Crippen LogP contribution in [0.15, 0.2) is 59.5 Å². The van der Waals surface area contributed by atoms with E-state index in [4.69, 9.17) is 0 Å². The summed E-state index contributed by atoms with van der Waals surface area (Å²) in [5.41, 5.74) is 4.02. The fourth-order valence-corrected chi connectivity index (χ4v) is 3.98. The Balaban J connectivity index is 1.31. The molecule has 2 aromatic heterocycles. The molecule has 0 bridgehead atoms. The number of pyridine rings is 1. The number of amides is 1. The maximum Gasteiger partial charge on any atom is 0.326 e. The van der Waals surface area contributed by atoms with Gasteiger partial charge in [0.1, 0.15) is 11.6 Å². The van der Waals surface area contributed by atoms with Crippen LogP contribution in [0.1, 0.15) is 21.5 Å². The summed E-state index contributed by atoms with van der Waals surface area (Å²) >= 11 is 0. The van der Waals surface area contributed by atoms with Crippen LogP contribution in [0.4, 0.5) is 15.9 Å². The van der Waals surface area contributed by atoms with Crippen molar-refractivity contribution in [3.05, 3.63) is 87.7 Å². The zero-order chi connectivity index (χ0) is 21.5. The number of nitrogens with zero attached hydrogens (tertiary/aromatic N) is 3. The lowest BCUT2D eigenvalue weighted by atomic mass is 10.1. The number of aromatic nitrogens is 3. The molecule has 156 valence electrons. The van der Waals surface area contributed by atoms with Crippen LogP contribution in [-0.4, -0.2) is 27.0 Å². The Hall–Kier alpha value is -3.94. The molecule has 5 rings (SSSR count). The van der Waals surface area contributed by atoms with Crippen molar-refractivity contribution in [2.24, 2.45) is 7.05 Å². The third-order valence-electron chi connectivity index (χ3n) is 5.62. The van der Waals surface area contributed by atoms with Crippen LogP contribution < -0.4 is 15.9 Å². The van der Waals surface area contributed by atoms with Crippen LogP contribution >= 0.6 is 0 Å². The van der Waals surface area contributed by atoms with Crippen LogP contribution in [0.25, 0.3) is 11.0 Å². The fourth-order valence-electron chi connectivity index (χ4n) is 3.98. The van der Waals surface area contributed by atoms with E-state index >= 15 is 0 Å². The average Bonchev–Trinajstić information content (AvgIpc) is 3.32. The summed E-state index contributed by atoms with van der Waals surface area (Å²) in [5, 5.41) is 2.89. The standard InChI is InChI=1S/C23H20FN5O2/c1-28-20-7-6-16(11-18(20)27-23(28)31)22(30)26-13-14-10-15-8-9-29(21(15)25-12-14)19-5-3-2-4-17(19)24/h2-7,10-12H,8-9,13H2,1H3,(H,26,30)(H,27,31). The molecule has 1 aliphatic heterocycles. The van der Waals surface area contributed by atoms with Crippen molar-refractivity contribution in [3.8, 4) is 0 Å². The molecule has 0 fully saturated rings. The number of H-pyrrole nitrogens is 1. The number of imidazole rings is 1. The molecule has 2 aromatic carbocycles. The van der Waals surface area contributed by atoms with Crippen LogP contribution in [-0.2, 0) is 20.0 Å². The molecule has 3 heterocycles. The summed E-state index contributed by atoms with van der Waals surface area (Å²) in [6.45, 7) is 0.983. The highest BCUT2D eigenvalue weighted by Gasteiger charge is 2.24. The van der Waals surface area contributed by atoms with Crippen LogP contribution in [0.2, 0.25) is 0 Å².